The fourth-order valence-corrected chi connectivity index (χ4v) is 2.86. The highest BCUT2D eigenvalue weighted by molar-refractivity contribution is 9.10. The molecular formula is C19H16BrN5. The number of benzene rings is 2. The Morgan fingerprint density at radius 1 is 1.00 bits per heavy atom. The first-order chi connectivity index (χ1) is 12.0. The molecule has 1 heterocycles. The number of anilines is 4. The van der Waals surface area contributed by atoms with Crippen LogP contribution in [0.2, 0.25) is 0 Å². The summed E-state index contributed by atoms with van der Waals surface area (Å²) in [6, 6.07) is 17.2. The van der Waals surface area contributed by atoms with Crippen molar-refractivity contribution in [3.63, 3.8) is 0 Å². The van der Waals surface area contributed by atoms with Gasteiger partial charge in [-0.15, -0.1) is 0 Å². The number of hydrogen-bond acceptors (Lipinski definition) is 5. The minimum absolute atomic E-state index is 0.479. The number of nitriles is 1. The van der Waals surface area contributed by atoms with Crippen LogP contribution in [0.25, 0.3) is 0 Å². The molecule has 0 fully saturated rings. The number of nitrogens with one attached hydrogen (secondary N) is 2. The largest absolute Gasteiger partial charge is 0.340 e. The molecule has 2 N–H and O–H groups in total. The third-order valence-corrected chi connectivity index (χ3v) is 4.05. The van der Waals surface area contributed by atoms with E-state index >= 15 is 0 Å². The van der Waals surface area contributed by atoms with Crippen molar-refractivity contribution < 1.29 is 0 Å². The van der Waals surface area contributed by atoms with Gasteiger partial charge in [0.2, 0.25) is 5.95 Å². The number of nitrogens with zero attached hydrogens (tertiary/aromatic N) is 3. The highest BCUT2D eigenvalue weighted by Gasteiger charge is 2.06. The van der Waals surface area contributed by atoms with Gasteiger partial charge in [0.05, 0.1) is 11.6 Å². The first-order valence-corrected chi connectivity index (χ1v) is 8.49. The fraction of sp³-hybridized carbons (Fsp3) is 0.105. The summed E-state index contributed by atoms with van der Waals surface area (Å²) in [5.41, 5.74) is 4.30. The SMILES string of the molecule is Cc1cc(Nc2ccc(Br)cc2C)nc(Nc2cccc(C#N)c2)n1. The third kappa shape index (κ3) is 4.34. The quantitative estimate of drug-likeness (QED) is 0.635. The van der Waals surface area contributed by atoms with E-state index in [4.69, 9.17) is 5.26 Å². The molecule has 124 valence electrons. The van der Waals surface area contributed by atoms with Gasteiger partial charge in [-0.2, -0.15) is 10.2 Å². The van der Waals surface area contributed by atoms with Gasteiger partial charge in [-0.05, 0) is 55.8 Å². The zero-order valence-electron chi connectivity index (χ0n) is 13.8. The van der Waals surface area contributed by atoms with E-state index in [1.165, 1.54) is 0 Å². The molecule has 0 bridgehead atoms. The van der Waals surface area contributed by atoms with E-state index in [1.807, 2.05) is 50.2 Å². The maximum Gasteiger partial charge on any atom is 0.229 e. The summed E-state index contributed by atoms with van der Waals surface area (Å²) in [6.07, 6.45) is 0. The van der Waals surface area contributed by atoms with Gasteiger partial charge in [-0.1, -0.05) is 22.0 Å². The Morgan fingerprint density at radius 2 is 1.84 bits per heavy atom. The van der Waals surface area contributed by atoms with Gasteiger partial charge in [0.25, 0.3) is 0 Å². The van der Waals surface area contributed by atoms with Crippen LogP contribution in [0.3, 0.4) is 0 Å². The lowest BCUT2D eigenvalue weighted by Crippen LogP contribution is -2.03. The number of aromatic nitrogens is 2. The summed E-state index contributed by atoms with van der Waals surface area (Å²) < 4.78 is 1.04. The minimum Gasteiger partial charge on any atom is -0.340 e. The van der Waals surface area contributed by atoms with Gasteiger partial charge in [-0.3, -0.25) is 0 Å². The molecule has 0 amide bonds. The predicted octanol–water partition coefficient (Wildman–Crippen LogP) is 5.21. The molecule has 0 radical (unpaired) electrons. The van der Waals surface area contributed by atoms with Crippen molar-refractivity contribution in [3.05, 3.63) is 69.8 Å². The predicted molar refractivity (Wildman–Crippen MR) is 103 cm³/mol. The molecular weight excluding hydrogens is 378 g/mol. The maximum absolute atomic E-state index is 9.00. The van der Waals surface area contributed by atoms with E-state index in [0.29, 0.717) is 17.3 Å². The maximum atomic E-state index is 9.00. The molecule has 0 atom stereocenters. The summed E-state index contributed by atoms with van der Waals surface area (Å²) in [4.78, 5) is 8.93. The Hall–Kier alpha value is -2.91. The summed E-state index contributed by atoms with van der Waals surface area (Å²) >= 11 is 3.47. The highest BCUT2D eigenvalue weighted by Crippen LogP contribution is 2.24. The molecule has 0 unspecified atom stereocenters. The topological polar surface area (TPSA) is 73.6 Å². The monoisotopic (exact) mass is 393 g/mol. The van der Waals surface area contributed by atoms with Crippen molar-refractivity contribution in [2.24, 2.45) is 0 Å². The summed E-state index contributed by atoms with van der Waals surface area (Å²) in [5, 5.41) is 15.5. The van der Waals surface area contributed by atoms with E-state index in [1.54, 1.807) is 12.1 Å². The number of rotatable bonds is 4. The van der Waals surface area contributed by atoms with Crippen molar-refractivity contribution in [2.75, 3.05) is 10.6 Å². The zero-order valence-corrected chi connectivity index (χ0v) is 15.4. The first-order valence-electron chi connectivity index (χ1n) is 7.69. The van der Waals surface area contributed by atoms with Crippen molar-refractivity contribution in [3.8, 4) is 6.07 Å². The van der Waals surface area contributed by atoms with Gasteiger partial charge in [0, 0.05) is 27.6 Å². The van der Waals surface area contributed by atoms with Gasteiger partial charge in [-0.25, -0.2) is 4.98 Å². The summed E-state index contributed by atoms with van der Waals surface area (Å²) in [5.74, 6) is 1.18. The van der Waals surface area contributed by atoms with Crippen LogP contribution in [-0.2, 0) is 0 Å². The molecule has 0 aliphatic carbocycles. The van der Waals surface area contributed by atoms with Crippen LogP contribution in [0.4, 0.5) is 23.1 Å². The average Bonchev–Trinajstić information content (AvgIpc) is 2.57. The lowest BCUT2D eigenvalue weighted by Gasteiger charge is -2.12. The Balaban J connectivity index is 1.86. The zero-order chi connectivity index (χ0) is 17.8. The molecule has 0 saturated heterocycles. The van der Waals surface area contributed by atoms with E-state index in [2.05, 4.69) is 42.6 Å². The number of hydrogen-bond donors (Lipinski definition) is 2. The number of aryl methyl sites for hydroxylation is 2. The standard InChI is InChI=1S/C19H16BrN5/c1-12-8-15(20)6-7-17(12)24-18-9-13(2)22-19(25-18)23-16-5-3-4-14(10-16)11-21/h3-10H,1-2H3,(H2,22,23,24,25). The molecule has 0 aliphatic heterocycles. The van der Waals surface area contributed by atoms with E-state index in [0.717, 1.165) is 27.1 Å². The molecule has 5 nitrogen and oxygen atoms in total. The van der Waals surface area contributed by atoms with Crippen LogP contribution < -0.4 is 10.6 Å². The third-order valence-electron chi connectivity index (χ3n) is 3.55. The summed E-state index contributed by atoms with van der Waals surface area (Å²) in [7, 11) is 0. The van der Waals surface area contributed by atoms with Crippen LogP contribution in [-0.4, -0.2) is 9.97 Å². The van der Waals surface area contributed by atoms with Gasteiger partial charge < -0.3 is 10.6 Å². The molecule has 25 heavy (non-hydrogen) atoms. The molecule has 3 aromatic rings. The molecule has 0 aliphatic rings. The molecule has 6 heteroatoms. The van der Waals surface area contributed by atoms with E-state index < -0.39 is 0 Å². The van der Waals surface area contributed by atoms with Gasteiger partial charge >= 0.3 is 0 Å². The Morgan fingerprint density at radius 3 is 2.60 bits per heavy atom. The van der Waals surface area contributed by atoms with Crippen LogP contribution in [0.5, 0.6) is 0 Å². The fourth-order valence-electron chi connectivity index (χ4n) is 2.39. The van der Waals surface area contributed by atoms with E-state index in [-0.39, 0.29) is 0 Å². The van der Waals surface area contributed by atoms with Crippen molar-refractivity contribution in [2.45, 2.75) is 13.8 Å². The van der Waals surface area contributed by atoms with Crippen LogP contribution in [0.15, 0.2) is 53.0 Å². The Kier molecular flexibility index (Phi) is 4.96. The second-order valence-electron chi connectivity index (χ2n) is 5.62. The molecule has 0 spiro atoms. The van der Waals surface area contributed by atoms with E-state index in [9.17, 15) is 0 Å². The van der Waals surface area contributed by atoms with Gasteiger partial charge in [0.15, 0.2) is 0 Å². The second kappa shape index (κ2) is 7.32. The molecule has 3 rings (SSSR count). The van der Waals surface area contributed by atoms with Crippen molar-refractivity contribution in [1.82, 2.24) is 9.97 Å². The van der Waals surface area contributed by atoms with Crippen LogP contribution in [0.1, 0.15) is 16.8 Å². The van der Waals surface area contributed by atoms with Crippen LogP contribution >= 0.6 is 15.9 Å². The lowest BCUT2D eigenvalue weighted by molar-refractivity contribution is 1.11. The highest BCUT2D eigenvalue weighted by atomic mass is 79.9. The average molecular weight is 394 g/mol. The van der Waals surface area contributed by atoms with Crippen molar-refractivity contribution in [1.29, 1.82) is 5.26 Å². The molecule has 1 aromatic heterocycles. The van der Waals surface area contributed by atoms with Gasteiger partial charge in [0.1, 0.15) is 5.82 Å². The Bertz CT molecular complexity index is 962. The normalized spacial score (nSPS) is 10.2. The van der Waals surface area contributed by atoms with Crippen LogP contribution in [0, 0.1) is 25.2 Å². The lowest BCUT2D eigenvalue weighted by atomic mass is 10.2. The molecule has 0 saturated carbocycles. The second-order valence-corrected chi connectivity index (χ2v) is 6.54. The number of halogens is 1. The summed E-state index contributed by atoms with van der Waals surface area (Å²) in [6.45, 7) is 3.95. The molecule has 2 aromatic carbocycles. The van der Waals surface area contributed by atoms with Crippen molar-refractivity contribution >= 4 is 39.1 Å². The smallest absolute Gasteiger partial charge is 0.229 e. The minimum atomic E-state index is 0.479. The Labute approximate surface area is 154 Å². The first kappa shape index (κ1) is 16.9.